The van der Waals surface area contributed by atoms with Crippen LogP contribution in [0.5, 0.6) is 5.75 Å². The minimum Gasteiger partial charge on any atom is -0.508 e. The molecule has 0 heterocycles. The maximum absolute atomic E-state index is 9.38. The second kappa shape index (κ2) is 3.90. The Morgan fingerprint density at radius 3 is 2.69 bits per heavy atom. The number of nitriles is 1. The molecule has 0 amide bonds. The van der Waals surface area contributed by atoms with Crippen molar-refractivity contribution in [1.82, 2.24) is 0 Å². The van der Waals surface area contributed by atoms with Crippen LogP contribution in [0.25, 0.3) is 0 Å². The fourth-order valence-electron chi connectivity index (χ4n) is 1.03. The van der Waals surface area contributed by atoms with Crippen molar-refractivity contribution in [3.8, 4) is 11.8 Å². The van der Waals surface area contributed by atoms with Gasteiger partial charge in [-0.1, -0.05) is 6.07 Å². The number of aromatic hydroxyl groups is 1. The first-order chi connectivity index (χ1) is 6.19. The maximum Gasteiger partial charge on any atom is 0.121 e. The molecular weight excluding hydrogens is 168 g/mol. The summed E-state index contributed by atoms with van der Waals surface area (Å²) < 4.78 is 0. The van der Waals surface area contributed by atoms with Gasteiger partial charge < -0.3 is 15.9 Å². The van der Waals surface area contributed by atoms with Crippen molar-refractivity contribution < 1.29 is 10.2 Å². The third-order valence-electron chi connectivity index (χ3n) is 1.76. The molecule has 0 aliphatic rings. The Morgan fingerprint density at radius 1 is 1.54 bits per heavy atom. The average molecular weight is 178 g/mol. The van der Waals surface area contributed by atoms with Crippen molar-refractivity contribution in [3.63, 3.8) is 0 Å². The lowest BCUT2D eigenvalue weighted by molar-refractivity contribution is 0.265. The molecule has 4 heteroatoms. The van der Waals surface area contributed by atoms with Crippen molar-refractivity contribution in [2.24, 2.45) is 5.73 Å². The van der Waals surface area contributed by atoms with Crippen LogP contribution in [0.4, 0.5) is 0 Å². The molecule has 0 saturated carbocycles. The second-order valence-corrected chi connectivity index (χ2v) is 2.67. The minimum absolute atomic E-state index is 0.0550. The summed E-state index contributed by atoms with van der Waals surface area (Å²) in [7, 11) is 0. The van der Waals surface area contributed by atoms with E-state index in [9.17, 15) is 5.11 Å². The third-order valence-corrected chi connectivity index (χ3v) is 1.76. The Hall–Kier alpha value is -1.57. The topological polar surface area (TPSA) is 90.3 Å². The van der Waals surface area contributed by atoms with Crippen molar-refractivity contribution in [1.29, 1.82) is 5.26 Å². The van der Waals surface area contributed by atoms with Crippen molar-refractivity contribution in [3.05, 3.63) is 29.3 Å². The fourth-order valence-corrected chi connectivity index (χ4v) is 1.03. The van der Waals surface area contributed by atoms with Crippen LogP contribution in [-0.4, -0.2) is 16.8 Å². The first kappa shape index (κ1) is 9.52. The maximum atomic E-state index is 9.38. The molecule has 0 aromatic heterocycles. The van der Waals surface area contributed by atoms with E-state index in [0.29, 0.717) is 11.1 Å². The van der Waals surface area contributed by atoms with Crippen molar-refractivity contribution in [2.75, 3.05) is 6.61 Å². The molecule has 68 valence electrons. The number of benzene rings is 1. The number of phenolic OH excluding ortho intramolecular Hbond substituents is 1. The summed E-state index contributed by atoms with van der Waals surface area (Å²) in [5, 5.41) is 26.6. The molecule has 0 radical (unpaired) electrons. The summed E-state index contributed by atoms with van der Waals surface area (Å²) in [4.78, 5) is 0. The molecule has 0 unspecified atom stereocenters. The van der Waals surface area contributed by atoms with E-state index in [4.69, 9.17) is 16.1 Å². The lowest BCUT2D eigenvalue weighted by Crippen LogP contribution is -2.14. The number of aliphatic hydroxyl groups excluding tert-OH is 1. The Labute approximate surface area is 75.8 Å². The first-order valence-corrected chi connectivity index (χ1v) is 3.78. The first-order valence-electron chi connectivity index (χ1n) is 3.78. The van der Waals surface area contributed by atoms with Gasteiger partial charge >= 0.3 is 0 Å². The summed E-state index contributed by atoms with van der Waals surface area (Å²) in [6.45, 7) is -0.237. The highest BCUT2D eigenvalue weighted by Gasteiger charge is 2.09. The molecule has 0 bridgehead atoms. The van der Waals surface area contributed by atoms with Crippen LogP contribution in [0, 0.1) is 11.3 Å². The van der Waals surface area contributed by atoms with Gasteiger partial charge in [0.25, 0.3) is 0 Å². The van der Waals surface area contributed by atoms with Crippen LogP contribution in [0.1, 0.15) is 17.2 Å². The number of nitrogens with two attached hydrogens (primary N) is 1. The largest absolute Gasteiger partial charge is 0.508 e. The zero-order valence-corrected chi connectivity index (χ0v) is 6.94. The zero-order valence-electron chi connectivity index (χ0n) is 6.94. The Bertz CT molecular complexity index is 344. The van der Waals surface area contributed by atoms with E-state index < -0.39 is 6.04 Å². The van der Waals surface area contributed by atoms with Crippen LogP contribution in [-0.2, 0) is 0 Å². The van der Waals surface area contributed by atoms with E-state index in [0.717, 1.165) is 0 Å². The molecule has 13 heavy (non-hydrogen) atoms. The van der Waals surface area contributed by atoms with Crippen LogP contribution >= 0.6 is 0 Å². The standard InChI is InChI=1S/C9H10N2O2/c10-4-6-1-2-7(8(11)5-12)9(13)3-6/h1-3,8,12-13H,5,11H2/t8-/m0/s1. The summed E-state index contributed by atoms with van der Waals surface area (Å²) in [6, 6.07) is 5.69. The number of hydrogen-bond acceptors (Lipinski definition) is 4. The van der Waals surface area contributed by atoms with E-state index in [1.165, 1.54) is 12.1 Å². The summed E-state index contributed by atoms with van der Waals surface area (Å²) in [6.07, 6.45) is 0. The van der Waals surface area contributed by atoms with Gasteiger partial charge in [0.1, 0.15) is 5.75 Å². The van der Waals surface area contributed by atoms with Gasteiger partial charge in [-0.15, -0.1) is 0 Å². The molecule has 1 atom stereocenters. The molecule has 1 aromatic rings. The number of rotatable bonds is 2. The monoisotopic (exact) mass is 178 g/mol. The van der Waals surface area contributed by atoms with Crippen LogP contribution in [0.3, 0.4) is 0 Å². The molecule has 0 aliphatic carbocycles. The normalized spacial score (nSPS) is 12.1. The molecule has 4 N–H and O–H groups in total. The van der Waals surface area contributed by atoms with Crippen molar-refractivity contribution >= 4 is 0 Å². The van der Waals surface area contributed by atoms with Gasteiger partial charge in [0.05, 0.1) is 24.3 Å². The van der Waals surface area contributed by atoms with Gasteiger partial charge in [-0.3, -0.25) is 0 Å². The number of phenols is 1. The minimum atomic E-state index is -0.604. The van der Waals surface area contributed by atoms with Gasteiger partial charge in [-0.25, -0.2) is 0 Å². The van der Waals surface area contributed by atoms with Gasteiger partial charge in [0, 0.05) is 5.56 Å². The van der Waals surface area contributed by atoms with Crippen molar-refractivity contribution in [2.45, 2.75) is 6.04 Å². The van der Waals surface area contributed by atoms with Gasteiger partial charge in [-0.2, -0.15) is 5.26 Å². The summed E-state index contributed by atoms with van der Waals surface area (Å²) >= 11 is 0. The molecule has 1 rings (SSSR count). The molecule has 0 spiro atoms. The van der Waals surface area contributed by atoms with Crippen LogP contribution < -0.4 is 5.73 Å². The zero-order chi connectivity index (χ0) is 9.84. The van der Waals surface area contributed by atoms with Gasteiger partial charge in [0.15, 0.2) is 0 Å². The Balaban J connectivity index is 3.07. The molecule has 4 nitrogen and oxygen atoms in total. The second-order valence-electron chi connectivity index (χ2n) is 2.67. The van der Waals surface area contributed by atoms with Gasteiger partial charge in [0.2, 0.25) is 0 Å². The highest BCUT2D eigenvalue weighted by atomic mass is 16.3. The predicted octanol–water partition coefficient (Wildman–Crippen LogP) is 0.256. The number of nitrogens with zero attached hydrogens (tertiary/aromatic N) is 1. The lowest BCUT2D eigenvalue weighted by Gasteiger charge is -2.10. The number of aliphatic hydroxyl groups is 1. The molecule has 0 aliphatic heterocycles. The van der Waals surface area contributed by atoms with Gasteiger partial charge in [-0.05, 0) is 12.1 Å². The smallest absolute Gasteiger partial charge is 0.121 e. The molecular formula is C9H10N2O2. The summed E-state index contributed by atoms with van der Waals surface area (Å²) in [5.74, 6) is -0.0550. The predicted molar refractivity (Wildman–Crippen MR) is 46.8 cm³/mol. The van der Waals surface area contributed by atoms with E-state index in [1.807, 2.05) is 6.07 Å². The highest BCUT2D eigenvalue weighted by Crippen LogP contribution is 2.23. The summed E-state index contributed by atoms with van der Waals surface area (Å²) in [5.41, 5.74) is 6.31. The van der Waals surface area contributed by atoms with E-state index in [2.05, 4.69) is 0 Å². The molecule has 1 aromatic carbocycles. The average Bonchev–Trinajstić information content (AvgIpc) is 2.16. The Morgan fingerprint density at radius 2 is 2.23 bits per heavy atom. The number of hydrogen-bond donors (Lipinski definition) is 3. The molecule has 0 fully saturated rings. The van der Waals surface area contributed by atoms with E-state index in [-0.39, 0.29) is 12.4 Å². The fraction of sp³-hybridized carbons (Fsp3) is 0.222. The Kier molecular flexibility index (Phi) is 2.85. The highest BCUT2D eigenvalue weighted by molar-refractivity contribution is 5.42. The van der Waals surface area contributed by atoms with Crippen LogP contribution in [0.15, 0.2) is 18.2 Å². The quantitative estimate of drug-likeness (QED) is 0.605. The third kappa shape index (κ3) is 1.96. The van der Waals surface area contributed by atoms with E-state index in [1.54, 1.807) is 6.07 Å². The lowest BCUT2D eigenvalue weighted by atomic mass is 10.1. The SMILES string of the molecule is N#Cc1ccc([C@@H](N)CO)c(O)c1. The molecule has 0 saturated heterocycles. The van der Waals surface area contributed by atoms with Crippen LogP contribution in [0.2, 0.25) is 0 Å². The van der Waals surface area contributed by atoms with E-state index >= 15 is 0 Å².